The van der Waals surface area contributed by atoms with Crippen molar-refractivity contribution < 1.29 is 0 Å². The standard InChI is InChI=1S/C11H24N2S/c1-9(8-14)5-13-6-10(2)11(7-13)12(3)4/h9-11,14H,5-8H2,1-4H3. The molecule has 0 bridgehead atoms. The van der Waals surface area contributed by atoms with E-state index in [1.165, 1.54) is 19.6 Å². The Morgan fingerprint density at radius 1 is 1.43 bits per heavy atom. The van der Waals surface area contributed by atoms with Crippen LogP contribution in [0.3, 0.4) is 0 Å². The summed E-state index contributed by atoms with van der Waals surface area (Å²) in [6.07, 6.45) is 0. The zero-order valence-corrected chi connectivity index (χ0v) is 10.8. The van der Waals surface area contributed by atoms with E-state index in [9.17, 15) is 0 Å². The summed E-state index contributed by atoms with van der Waals surface area (Å²) >= 11 is 4.34. The highest BCUT2D eigenvalue weighted by atomic mass is 32.1. The van der Waals surface area contributed by atoms with Crippen molar-refractivity contribution in [1.82, 2.24) is 9.80 Å². The number of likely N-dealkylation sites (tertiary alicyclic amines) is 1. The zero-order chi connectivity index (χ0) is 10.7. The van der Waals surface area contributed by atoms with Crippen molar-refractivity contribution >= 4 is 12.6 Å². The van der Waals surface area contributed by atoms with E-state index in [1.807, 2.05) is 0 Å². The van der Waals surface area contributed by atoms with Gasteiger partial charge in [0.2, 0.25) is 0 Å². The van der Waals surface area contributed by atoms with Crippen LogP contribution in [0.25, 0.3) is 0 Å². The van der Waals surface area contributed by atoms with Crippen LogP contribution in [-0.2, 0) is 0 Å². The Morgan fingerprint density at radius 3 is 2.50 bits per heavy atom. The third-order valence-corrected chi connectivity index (χ3v) is 3.82. The Bertz CT molecular complexity index is 173. The molecule has 3 unspecified atom stereocenters. The second kappa shape index (κ2) is 5.38. The van der Waals surface area contributed by atoms with Crippen molar-refractivity contribution in [3.63, 3.8) is 0 Å². The van der Waals surface area contributed by atoms with Crippen LogP contribution in [0.2, 0.25) is 0 Å². The van der Waals surface area contributed by atoms with Crippen molar-refractivity contribution in [2.24, 2.45) is 11.8 Å². The molecule has 0 aromatic heterocycles. The highest BCUT2D eigenvalue weighted by Gasteiger charge is 2.30. The molecule has 3 atom stereocenters. The fourth-order valence-corrected chi connectivity index (χ4v) is 2.48. The number of hydrogen-bond acceptors (Lipinski definition) is 3. The maximum atomic E-state index is 4.34. The van der Waals surface area contributed by atoms with E-state index < -0.39 is 0 Å². The molecule has 0 spiro atoms. The van der Waals surface area contributed by atoms with E-state index in [2.05, 4.69) is 50.4 Å². The minimum atomic E-state index is 0.714. The first kappa shape index (κ1) is 12.3. The molecule has 0 N–H and O–H groups in total. The molecule has 14 heavy (non-hydrogen) atoms. The van der Waals surface area contributed by atoms with Crippen molar-refractivity contribution in [2.45, 2.75) is 19.9 Å². The smallest absolute Gasteiger partial charge is 0.0254 e. The predicted molar refractivity (Wildman–Crippen MR) is 66.1 cm³/mol. The molecule has 1 heterocycles. The number of hydrogen-bond donors (Lipinski definition) is 1. The van der Waals surface area contributed by atoms with Crippen LogP contribution < -0.4 is 0 Å². The normalized spacial score (nSPS) is 31.3. The van der Waals surface area contributed by atoms with Gasteiger partial charge in [0.15, 0.2) is 0 Å². The molecule has 2 nitrogen and oxygen atoms in total. The van der Waals surface area contributed by atoms with Crippen LogP contribution in [0.1, 0.15) is 13.8 Å². The second-order valence-corrected chi connectivity index (χ2v) is 5.38. The van der Waals surface area contributed by atoms with Gasteiger partial charge in [0.05, 0.1) is 0 Å². The average Bonchev–Trinajstić information content (AvgIpc) is 2.46. The van der Waals surface area contributed by atoms with E-state index in [-0.39, 0.29) is 0 Å². The van der Waals surface area contributed by atoms with Gasteiger partial charge >= 0.3 is 0 Å². The summed E-state index contributed by atoms with van der Waals surface area (Å²) in [5, 5.41) is 0. The van der Waals surface area contributed by atoms with E-state index in [0.717, 1.165) is 17.7 Å². The van der Waals surface area contributed by atoms with Gasteiger partial charge in [-0.25, -0.2) is 0 Å². The molecule has 1 fully saturated rings. The number of nitrogens with zero attached hydrogens (tertiary/aromatic N) is 2. The van der Waals surface area contributed by atoms with Crippen LogP contribution in [0.4, 0.5) is 0 Å². The van der Waals surface area contributed by atoms with Crippen LogP contribution >= 0.6 is 12.6 Å². The highest BCUT2D eigenvalue weighted by Crippen LogP contribution is 2.20. The van der Waals surface area contributed by atoms with Crippen molar-refractivity contribution in [3.8, 4) is 0 Å². The molecule has 1 aliphatic heterocycles. The average molecular weight is 216 g/mol. The minimum absolute atomic E-state index is 0.714. The van der Waals surface area contributed by atoms with E-state index in [0.29, 0.717) is 5.92 Å². The Kier molecular flexibility index (Phi) is 4.74. The van der Waals surface area contributed by atoms with Gasteiger partial charge in [-0.15, -0.1) is 0 Å². The molecule has 1 saturated heterocycles. The molecular weight excluding hydrogens is 192 g/mol. The maximum absolute atomic E-state index is 4.34. The molecule has 3 heteroatoms. The molecule has 0 aromatic carbocycles. The quantitative estimate of drug-likeness (QED) is 0.710. The van der Waals surface area contributed by atoms with Gasteiger partial charge in [0.1, 0.15) is 0 Å². The number of likely N-dealkylation sites (N-methyl/N-ethyl adjacent to an activating group) is 1. The van der Waals surface area contributed by atoms with Gasteiger partial charge in [0, 0.05) is 25.7 Å². The fourth-order valence-electron chi connectivity index (χ4n) is 2.37. The van der Waals surface area contributed by atoms with Gasteiger partial charge in [-0.1, -0.05) is 13.8 Å². The van der Waals surface area contributed by atoms with Gasteiger partial charge in [-0.2, -0.15) is 12.6 Å². The van der Waals surface area contributed by atoms with Crippen molar-refractivity contribution in [3.05, 3.63) is 0 Å². The molecule has 84 valence electrons. The largest absolute Gasteiger partial charge is 0.305 e. The van der Waals surface area contributed by atoms with E-state index >= 15 is 0 Å². The molecule has 0 radical (unpaired) electrons. The van der Waals surface area contributed by atoms with Crippen molar-refractivity contribution in [2.75, 3.05) is 39.5 Å². The zero-order valence-electron chi connectivity index (χ0n) is 9.90. The van der Waals surface area contributed by atoms with Crippen LogP contribution in [0.15, 0.2) is 0 Å². The minimum Gasteiger partial charge on any atom is -0.305 e. The SMILES string of the molecule is CC(CS)CN1CC(C)C(N(C)C)C1. The Labute approximate surface area is 94.1 Å². The summed E-state index contributed by atoms with van der Waals surface area (Å²) in [5.74, 6) is 2.51. The molecule has 1 rings (SSSR count). The summed E-state index contributed by atoms with van der Waals surface area (Å²) in [7, 11) is 4.37. The van der Waals surface area contributed by atoms with Crippen molar-refractivity contribution in [1.29, 1.82) is 0 Å². The highest BCUT2D eigenvalue weighted by molar-refractivity contribution is 7.80. The predicted octanol–water partition coefficient (Wildman–Crippen LogP) is 1.43. The second-order valence-electron chi connectivity index (χ2n) is 5.01. The van der Waals surface area contributed by atoms with Gasteiger partial charge < -0.3 is 9.80 Å². The summed E-state index contributed by atoms with van der Waals surface area (Å²) < 4.78 is 0. The summed E-state index contributed by atoms with van der Waals surface area (Å²) in [4.78, 5) is 4.94. The Balaban J connectivity index is 2.38. The summed E-state index contributed by atoms with van der Waals surface area (Å²) in [6.45, 7) is 8.32. The molecule has 0 saturated carbocycles. The molecule has 0 aromatic rings. The van der Waals surface area contributed by atoms with Crippen LogP contribution in [0, 0.1) is 11.8 Å². The number of thiol groups is 1. The Hall–Kier alpha value is 0.270. The topological polar surface area (TPSA) is 6.48 Å². The number of rotatable bonds is 4. The summed E-state index contributed by atoms with van der Waals surface area (Å²) in [6, 6.07) is 0.738. The lowest BCUT2D eigenvalue weighted by Crippen LogP contribution is -2.35. The van der Waals surface area contributed by atoms with Gasteiger partial charge in [0.25, 0.3) is 0 Å². The van der Waals surface area contributed by atoms with Crippen LogP contribution in [0.5, 0.6) is 0 Å². The molecule has 0 aliphatic carbocycles. The first-order valence-corrected chi connectivity index (χ1v) is 6.17. The third-order valence-electron chi connectivity index (χ3n) is 3.19. The molecule has 1 aliphatic rings. The van der Waals surface area contributed by atoms with Crippen LogP contribution in [-0.4, -0.2) is 55.3 Å². The first-order valence-electron chi connectivity index (χ1n) is 5.54. The van der Waals surface area contributed by atoms with E-state index in [4.69, 9.17) is 0 Å². The first-order chi connectivity index (χ1) is 6.54. The lowest BCUT2D eigenvalue weighted by atomic mass is 10.1. The third kappa shape index (κ3) is 3.14. The Morgan fingerprint density at radius 2 is 2.07 bits per heavy atom. The molecule has 0 amide bonds. The molecular formula is C11H24N2S. The van der Waals surface area contributed by atoms with E-state index in [1.54, 1.807) is 0 Å². The lowest BCUT2D eigenvalue weighted by Gasteiger charge is -2.23. The fraction of sp³-hybridized carbons (Fsp3) is 1.00. The summed E-state index contributed by atoms with van der Waals surface area (Å²) in [5.41, 5.74) is 0. The monoisotopic (exact) mass is 216 g/mol. The van der Waals surface area contributed by atoms with Gasteiger partial charge in [-0.05, 0) is 31.7 Å². The lowest BCUT2D eigenvalue weighted by molar-refractivity contribution is 0.244. The maximum Gasteiger partial charge on any atom is 0.0254 e. The van der Waals surface area contributed by atoms with Gasteiger partial charge in [-0.3, -0.25) is 0 Å².